The van der Waals surface area contributed by atoms with E-state index in [9.17, 15) is 0 Å². The Labute approximate surface area is 72.8 Å². The fourth-order valence-corrected chi connectivity index (χ4v) is 1.63. The van der Waals surface area contributed by atoms with Crippen molar-refractivity contribution in [2.75, 3.05) is 0 Å². The molecule has 0 bridgehead atoms. The van der Waals surface area contributed by atoms with Gasteiger partial charge in [-0.2, -0.15) is 0 Å². The van der Waals surface area contributed by atoms with Gasteiger partial charge in [0.05, 0.1) is 11.7 Å². The Kier molecular flexibility index (Phi) is 1.75. The third-order valence-corrected chi connectivity index (χ3v) is 2.40. The molecule has 2 rings (SSSR count). The van der Waals surface area contributed by atoms with Crippen LogP contribution in [0.4, 0.5) is 0 Å². The summed E-state index contributed by atoms with van der Waals surface area (Å²) < 4.78 is 1.88. The van der Waals surface area contributed by atoms with Crippen molar-refractivity contribution in [2.45, 2.75) is 0 Å². The molecule has 2 aromatic heterocycles. The molecule has 2 aromatic rings. The van der Waals surface area contributed by atoms with Crippen LogP contribution in [0.15, 0.2) is 24.8 Å². The second-order valence-electron chi connectivity index (χ2n) is 2.02. The smallest absolute Gasteiger partial charge is 0.108 e. The number of thiol groups is 1. The first-order valence-electron chi connectivity index (χ1n) is 3.01. The van der Waals surface area contributed by atoms with Crippen molar-refractivity contribution < 1.29 is 0 Å². The van der Waals surface area contributed by atoms with Crippen LogP contribution >= 0.6 is 22.6 Å². The minimum atomic E-state index is 0.897. The maximum atomic E-state index is 4.12. The molecule has 0 unspecified atom stereocenters. The van der Waals surface area contributed by atoms with E-state index < -0.39 is 0 Å². The summed E-state index contributed by atoms with van der Waals surface area (Å²) in [7, 11) is 1.33. The fourth-order valence-electron chi connectivity index (χ4n) is 0.907. The van der Waals surface area contributed by atoms with E-state index in [4.69, 9.17) is 0 Å². The highest BCUT2D eigenvalue weighted by Crippen LogP contribution is 2.18. The number of hydrogen-bond acceptors (Lipinski definition) is 4. The zero-order chi connectivity index (χ0) is 7.68. The first-order valence-corrected chi connectivity index (χ1v) is 4.83. The average Bonchev–Trinajstić information content (AvgIpc) is 2.47. The molecule has 0 aliphatic rings. The summed E-state index contributed by atoms with van der Waals surface area (Å²) in [6.45, 7) is 0. The van der Waals surface area contributed by atoms with Gasteiger partial charge in [-0.3, -0.25) is 8.96 Å². The van der Waals surface area contributed by atoms with E-state index in [1.165, 1.54) is 11.0 Å². The highest BCUT2D eigenvalue weighted by molar-refractivity contribution is 8.68. The Bertz CT molecular complexity index is 371. The van der Waals surface area contributed by atoms with E-state index in [-0.39, 0.29) is 0 Å². The summed E-state index contributed by atoms with van der Waals surface area (Å²) in [5.41, 5.74) is 1.94. The second-order valence-corrected chi connectivity index (χ2v) is 3.06. The van der Waals surface area contributed by atoms with Gasteiger partial charge in [0.1, 0.15) is 11.8 Å². The van der Waals surface area contributed by atoms with Gasteiger partial charge in [-0.25, -0.2) is 4.98 Å². The highest BCUT2D eigenvalue weighted by Gasteiger charge is 1.98. The third kappa shape index (κ3) is 1.10. The topological polar surface area (TPSA) is 30.7 Å². The fraction of sp³-hybridized carbons (Fsp3) is 0. The number of pyridine rings is 1. The monoisotopic (exact) mass is 183 g/mol. The van der Waals surface area contributed by atoms with Crippen LogP contribution in [-0.2, 0) is 0 Å². The van der Waals surface area contributed by atoms with E-state index in [0.29, 0.717) is 0 Å². The van der Waals surface area contributed by atoms with Gasteiger partial charge in [0.2, 0.25) is 0 Å². The lowest BCUT2D eigenvalue weighted by Crippen LogP contribution is -1.78. The van der Waals surface area contributed by atoms with Crippen molar-refractivity contribution in [1.82, 2.24) is 13.9 Å². The number of nitrogens with zero attached hydrogens (tertiary/aromatic N) is 3. The maximum absolute atomic E-state index is 4.12. The van der Waals surface area contributed by atoms with Crippen LogP contribution in [0, 0.1) is 0 Å². The standard InChI is InChI=1S/C6H5N3S2/c10-11-9-4-8-5-3-7-2-1-6(5)9/h1-4,10H. The summed E-state index contributed by atoms with van der Waals surface area (Å²) in [6, 6.07) is 1.91. The van der Waals surface area contributed by atoms with Gasteiger partial charge in [-0.15, -0.1) is 0 Å². The summed E-state index contributed by atoms with van der Waals surface area (Å²) >= 11 is 4.07. The van der Waals surface area contributed by atoms with Crippen LogP contribution in [0.2, 0.25) is 0 Å². The predicted molar refractivity (Wildman–Crippen MR) is 49.5 cm³/mol. The van der Waals surface area contributed by atoms with E-state index in [0.717, 1.165) is 11.0 Å². The summed E-state index contributed by atoms with van der Waals surface area (Å²) in [5.74, 6) is 0. The van der Waals surface area contributed by atoms with Crippen LogP contribution in [0.25, 0.3) is 11.0 Å². The summed E-state index contributed by atoms with van der Waals surface area (Å²) in [6.07, 6.45) is 5.20. The van der Waals surface area contributed by atoms with Gasteiger partial charge in [-0.05, 0) is 6.07 Å². The molecule has 0 aliphatic carbocycles. The van der Waals surface area contributed by atoms with Gasteiger partial charge in [0.25, 0.3) is 0 Å². The molecule has 0 atom stereocenters. The number of imidazole rings is 1. The normalized spacial score (nSPS) is 10.6. The Hall–Kier alpha value is -0.680. The molecule has 2 heterocycles. The number of aromatic nitrogens is 3. The second kappa shape index (κ2) is 2.75. The highest BCUT2D eigenvalue weighted by atomic mass is 33.1. The molecular formula is C6H5N3S2. The average molecular weight is 183 g/mol. The van der Waals surface area contributed by atoms with E-state index in [2.05, 4.69) is 21.6 Å². The Balaban J connectivity index is 2.76. The van der Waals surface area contributed by atoms with Gasteiger partial charge < -0.3 is 0 Å². The molecule has 0 aromatic carbocycles. The van der Waals surface area contributed by atoms with E-state index in [1.54, 1.807) is 18.7 Å². The number of fused-ring (bicyclic) bond motifs is 1. The van der Waals surface area contributed by atoms with Gasteiger partial charge in [0.15, 0.2) is 0 Å². The van der Waals surface area contributed by atoms with Crippen molar-refractivity contribution in [1.29, 1.82) is 0 Å². The summed E-state index contributed by atoms with van der Waals surface area (Å²) in [5, 5.41) is 0. The lowest BCUT2D eigenvalue weighted by atomic mass is 10.4. The minimum absolute atomic E-state index is 0.897. The Morgan fingerprint density at radius 1 is 1.55 bits per heavy atom. The van der Waals surface area contributed by atoms with Crippen LogP contribution < -0.4 is 0 Å². The summed E-state index contributed by atoms with van der Waals surface area (Å²) in [4.78, 5) is 8.07. The zero-order valence-corrected chi connectivity index (χ0v) is 7.22. The molecule has 56 valence electrons. The van der Waals surface area contributed by atoms with Gasteiger partial charge in [-0.1, -0.05) is 11.7 Å². The van der Waals surface area contributed by atoms with Gasteiger partial charge in [0, 0.05) is 17.2 Å². The van der Waals surface area contributed by atoms with Crippen LogP contribution in [0.5, 0.6) is 0 Å². The third-order valence-electron chi connectivity index (χ3n) is 1.40. The van der Waals surface area contributed by atoms with Crippen molar-refractivity contribution in [2.24, 2.45) is 0 Å². The van der Waals surface area contributed by atoms with E-state index >= 15 is 0 Å². The Morgan fingerprint density at radius 3 is 3.27 bits per heavy atom. The Morgan fingerprint density at radius 2 is 2.45 bits per heavy atom. The van der Waals surface area contributed by atoms with Crippen LogP contribution in [0.3, 0.4) is 0 Å². The van der Waals surface area contributed by atoms with Crippen molar-refractivity contribution in [3.05, 3.63) is 24.8 Å². The molecule has 3 nitrogen and oxygen atoms in total. The molecule has 0 saturated carbocycles. The minimum Gasteiger partial charge on any atom is -0.263 e. The molecule has 0 spiro atoms. The molecule has 5 heteroatoms. The van der Waals surface area contributed by atoms with Crippen molar-refractivity contribution in [3.8, 4) is 0 Å². The molecule has 0 amide bonds. The first-order chi connectivity index (χ1) is 5.42. The number of hydrogen-bond donors (Lipinski definition) is 1. The SMILES string of the molecule is SSn1cnc2cnccc21. The maximum Gasteiger partial charge on any atom is 0.108 e. The quantitative estimate of drug-likeness (QED) is 0.540. The lowest BCUT2D eigenvalue weighted by Gasteiger charge is -1.93. The van der Waals surface area contributed by atoms with Gasteiger partial charge >= 0.3 is 0 Å². The van der Waals surface area contributed by atoms with E-state index in [1.807, 2.05) is 10.0 Å². The first kappa shape index (κ1) is 7.00. The molecule has 0 N–H and O–H groups in total. The van der Waals surface area contributed by atoms with Crippen molar-refractivity contribution >= 4 is 33.7 Å². The molecule has 0 radical (unpaired) electrons. The molecule has 11 heavy (non-hydrogen) atoms. The largest absolute Gasteiger partial charge is 0.263 e. The molecule has 0 aliphatic heterocycles. The molecule has 0 fully saturated rings. The molecule has 0 saturated heterocycles. The predicted octanol–water partition coefficient (Wildman–Crippen LogP) is 1.77. The lowest BCUT2D eigenvalue weighted by molar-refractivity contribution is 1.28. The van der Waals surface area contributed by atoms with Crippen LogP contribution in [0.1, 0.15) is 0 Å². The molecular weight excluding hydrogens is 178 g/mol. The zero-order valence-electron chi connectivity index (χ0n) is 5.51. The number of rotatable bonds is 1. The van der Waals surface area contributed by atoms with Crippen LogP contribution in [-0.4, -0.2) is 13.9 Å². The van der Waals surface area contributed by atoms with Crippen molar-refractivity contribution in [3.63, 3.8) is 0 Å².